The zero-order valence-electron chi connectivity index (χ0n) is 21.9. The highest BCUT2D eigenvalue weighted by atomic mass is 35.5. The van der Waals surface area contributed by atoms with Crippen LogP contribution in [0.3, 0.4) is 0 Å². The molecule has 0 aliphatic carbocycles. The number of carboxylic acid groups (broad SMARTS) is 1. The summed E-state index contributed by atoms with van der Waals surface area (Å²) < 4.78 is 6.30. The minimum absolute atomic E-state index is 0.0336. The lowest BCUT2D eigenvalue weighted by molar-refractivity contribution is -0.137. The fraction of sp³-hybridized carbons (Fsp3) is 0.355. The summed E-state index contributed by atoms with van der Waals surface area (Å²) in [6.07, 6.45) is 1.28. The molecule has 0 aromatic heterocycles. The normalized spacial score (nSPS) is 16.7. The van der Waals surface area contributed by atoms with Gasteiger partial charge in [0.15, 0.2) is 0 Å². The second kappa shape index (κ2) is 10.6. The Hall–Kier alpha value is -3.31. The number of carboxylic acids is 1. The van der Waals surface area contributed by atoms with Crippen LogP contribution in [0.1, 0.15) is 66.7 Å². The lowest BCUT2D eigenvalue weighted by atomic mass is 9.87. The number of carbonyl (C=O) groups excluding carboxylic acids is 1. The Morgan fingerprint density at radius 2 is 1.65 bits per heavy atom. The number of halogens is 1. The van der Waals surface area contributed by atoms with E-state index in [1.807, 2.05) is 48.5 Å². The molecule has 0 saturated carbocycles. The minimum Gasteiger partial charge on any atom is -0.487 e. The van der Waals surface area contributed by atoms with Crippen LogP contribution in [-0.2, 0) is 29.6 Å². The molecule has 0 saturated heterocycles. The Morgan fingerprint density at radius 3 is 2.27 bits per heavy atom. The van der Waals surface area contributed by atoms with E-state index in [1.54, 1.807) is 11.0 Å². The average molecular weight is 520 g/mol. The maximum Gasteiger partial charge on any atom is 0.305 e. The van der Waals surface area contributed by atoms with Gasteiger partial charge in [-0.2, -0.15) is 0 Å². The highest BCUT2D eigenvalue weighted by molar-refractivity contribution is 6.30. The summed E-state index contributed by atoms with van der Waals surface area (Å²) in [5, 5.41) is 9.96. The molecule has 1 amide bonds. The van der Waals surface area contributed by atoms with E-state index in [9.17, 15) is 14.7 Å². The lowest BCUT2D eigenvalue weighted by Crippen LogP contribution is -2.33. The monoisotopic (exact) mass is 519 g/mol. The van der Waals surface area contributed by atoms with Gasteiger partial charge in [-0.1, -0.05) is 68.8 Å². The summed E-state index contributed by atoms with van der Waals surface area (Å²) >= 11 is 6.02. The molecule has 37 heavy (non-hydrogen) atoms. The van der Waals surface area contributed by atoms with Crippen LogP contribution in [0.15, 0.2) is 66.7 Å². The summed E-state index contributed by atoms with van der Waals surface area (Å²) in [4.78, 5) is 26.5. The summed E-state index contributed by atoms with van der Waals surface area (Å²) in [5.74, 6) is -0.334. The van der Waals surface area contributed by atoms with E-state index in [4.69, 9.17) is 16.3 Å². The Labute approximate surface area is 224 Å². The van der Waals surface area contributed by atoms with Gasteiger partial charge >= 0.3 is 5.97 Å². The number of nitrogens with zero attached hydrogens (tertiary/aromatic N) is 1. The molecule has 3 aromatic rings. The van der Waals surface area contributed by atoms with Crippen LogP contribution >= 0.6 is 11.6 Å². The molecule has 1 unspecified atom stereocenters. The fourth-order valence-corrected chi connectivity index (χ4v) is 4.91. The molecular formula is C31H34ClNO4. The third-order valence-electron chi connectivity index (χ3n) is 6.80. The average Bonchev–Trinajstić information content (AvgIpc) is 3.17. The van der Waals surface area contributed by atoms with Crippen molar-refractivity contribution in [3.05, 3.63) is 99.6 Å². The smallest absolute Gasteiger partial charge is 0.305 e. The van der Waals surface area contributed by atoms with Crippen molar-refractivity contribution in [2.75, 3.05) is 6.54 Å². The van der Waals surface area contributed by atoms with Crippen LogP contribution in [0.4, 0.5) is 0 Å². The topological polar surface area (TPSA) is 66.8 Å². The molecule has 0 bridgehead atoms. The van der Waals surface area contributed by atoms with E-state index in [-0.39, 0.29) is 24.3 Å². The SMILES string of the molecule is CC1(Cc2ccc(Cl)cc2)Cc2cc(C(=O)N(CCC(=O)O)Cc3ccc(C(C)(C)C)cc3)ccc2O1. The van der Waals surface area contributed by atoms with E-state index in [1.165, 1.54) is 5.56 Å². The predicted octanol–water partition coefficient (Wildman–Crippen LogP) is 6.69. The molecule has 6 heteroatoms. The van der Waals surface area contributed by atoms with Gasteiger partial charge < -0.3 is 14.7 Å². The summed E-state index contributed by atoms with van der Waals surface area (Å²) in [6.45, 7) is 9.02. The van der Waals surface area contributed by atoms with Gasteiger partial charge in [0.2, 0.25) is 0 Å². The first-order valence-corrected chi connectivity index (χ1v) is 13.0. The number of benzene rings is 3. The van der Waals surface area contributed by atoms with Crippen LogP contribution in [-0.4, -0.2) is 34.0 Å². The third kappa shape index (κ3) is 6.72. The molecule has 194 valence electrons. The fourth-order valence-electron chi connectivity index (χ4n) is 4.78. The second-order valence-corrected chi connectivity index (χ2v) is 11.6. The standard InChI is InChI=1S/C31H34ClNO4/c1-30(2,3)25-10-5-22(6-11-25)20-33(16-15-28(34)35)29(36)23-9-14-27-24(17-23)19-31(4,37-27)18-21-7-12-26(32)13-8-21/h5-14,17H,15-16,18-20H2,1-4H3,(H,34,35). The molecule has 1 heterocycles. The summed E-state index contributed by atoms with van der Waals surface area (Å²) in [5.41, 5.74) is 4.44. The zero-order valence-corrected chi connectivity index (χ0v) is 22.6. The van der Waals surface area contributed by atoms with Crippen molar-refractivity contribution in [3.8, 4) is 5.75 Å². The third-order valence-corrected chi connectivity index (χ3v) is 7.05. The van der Waals surface area contributed by atoms with Gasteiger partial charge in [0, 0.05) is 36.5 Å². The largest absolute Gasteiger partial charge is 0.487 e. The van der Waals surface area contributed by atoms with E-state index < -0.39 is 11.6 Å². The maximum atomic E-state index is 13.6. The molecule has 0 radical (unpaired) electrons. The molecular weight excluding hydrogens is 486 g/mol. The van der Waals surface area contributed by atoms with Crippen molar-refractivity contribution < 1.29 is 19.4 Å². The quantitative estimate of drug-likeness (QED) is 0.360. The van der Waals surface area contributed by atoms with Crippen LogP contribution in [0, 0.1) is 0 Å². The molecule has 1 atom stereocenters. The number of aliphatic carboxylic acids is 1. The molecule has 5 nitrogen and oxygen atoms in total. The van der Waals surface area contributed by atoms with Gasteiger partial charge in [0.05, 0.1) is 6.42 Å². The number of carbonyl (C=O) groups is 2. The van der Waals surface area contributed by atoms with E-state index in [0.717, 1.165) is 28.9 Å². The van der Waals surface area contributed by atoms with Crippen molar-refractivity contribution in [2.45, 2.75) is 64.5 Å². The van der Waals surface area contributed by atoms with Crippen LogP contribution < -0.4 is 4.74 Å². The molecule has 1 aliphatic heterocycles. The van der Waals surface area contributed by atoms with E-state index >= 15 is 0 Å². The van der Waals surface area contributed by atoms with Gasteiger partial charge in [-0.05, 0) is 64.9 Å². The van der Waals surface area contributed by atoms with Gasteiger partial charge in [-0.15, -0.1) is 0 Å². The Bertz CT molecular complexity index is 1280. The van der Waals surface area contributed by atoms with Crippen LogP contribution in [0.2, 0.25) is 5.02 Å². The van der Waals surface area contributed by atoms with Gasteiger partial charge in [0.25, 0.3) is 5.91 Å². The summed E-state index contributed by atoms with van der Waals surface area (Å²) in [7, 11) is 0. The zero-order chi connectivity index (χ0) is 26.8. The highest BCUT2D eigenvalue weighted by Gasteiger charge is 2.35. The number of rotatable bonds is 8. The van der Waals surface area contributed by atoms with Gasteiger partial charge in [0.1, 0.15) is 11.4 Å². The van der Waals surface area contributed by atoms with Crippen LogP contribution in [0.25, 0.3) is 0 Å². The number of ether oxygens (including phenoxy) is 1. The first kappa shape index (κ1) is 26.7. The summed E-state index contributed by atoms with van der Waals surface area (Å²) in [6, 6.07) is 21.4. The van der Waals surface area contributed by atoms with Gasteiger partial charge in [-0.3, -0.25) is 9.59 Å². The first-order chi connectivity index (χ1) is 17.4. The first-order valence-electron chi connectivity index (χ1n) is 12.6. The maximum absolute atomic E-state index is 13.6. The molecule has 1 aliphatic rings. The van der Waals surface area contributed by atoms with Crippen molar-refractivity contribution >= 4 is 23.5 Å². The van der Waals surface area contributed by atoms with Crippen LogP contribution in [0.5, 0.6) is 5.75 Å². The molecule has 0 spiro atoms. The van der Waals surface area contributed by atoms with Crippen molar-refractivity contribution in [3.63, 3.8) is 0 Å². The Kier molecular flexibility index (Phi) is 7.65. The van der Waals surface area contributed by atoms with Crippen molar-refractivity contribution in [2.24, 2.45) is 0 Å². The Balaban J connectivity index is 1.51. The molecule has 4 rings (SSSR count). The highest BCUT2D eigenvalue weighted by Crippen LogP contribution is 2.38. The number of amides is 1. The number of fused-ring (bicyclic) bond motifs is 1. The van der Waals surface area contributed by atoms with Crippen molar-refractivity contribution in [1.82, 2.24) is 4.90 Å². The molecule has 3 aromatic carbocycles. The van der Waals surface area contributed by atoms with Crippen molar-refractivity contribution in [1.29, 1.82) is 0 Å². The van der Waals surface area contributed by atoms with E-state index in [2.05, 4.69) is 39.8 Å². The lowest BCUT2D eigenvalue weighted by Gasteiger charge is -2.24. The minimum atomic E-state index is -0.929. The second-order valence-electron chi connectivity index (χ2n) is 11.2. The Morgan fingerprint density at radius 1 is 1.00 bits per heavy atom. The number of hydrogen-bond donors (Lipinski definition) is 1. The van der Waals surface area contributed by atoms with E-state index in [0.29, 0.717) is 23.6 Å². The predicted molar refractivity (Wildman–Crippen MR) is 146 cm³/mol. The molecule has 1 N–H and O–H groups in total. The number of hydrogen-bond acceptors (Lipinski definition) is 3. The molecule has 0 fully saturated rings. The van der Waals surface area contributed by atoms with Gasteiger partial charge in [-0.25, -0.2) is 0 Å².